The van der Waals surface area contributed by atoms with Gasteiger partial charge in [-0.3, -0.25) is 9.59 Å². The molecule has 2 amide bonds. The first-order chi connectivity index (χ1) is 12.6. The number of likely N-dealkylation sites (tertiary alicyclic amines) is 1. The first kappa shape index (κ1) is 20.2. The van der Waals surface area contributed by atoms with Crippen LogP contribution in [0.5, 0.6) is 0 Å². The van der Waals surface area contributed by atoms with E-state index in [2.05, 4.69) is 5.32 Å². The van der Waals surface area contributed by atoms with Crippen LogP contribution in [-0.2, 0) is 16.1 Å². The number of rotatable bonds is 4. The van der Waals surface area contributed by atoms with E-state index in [9.17, 15) is 9.59 Å². The second kappa shape index (κ2) is 8.61. The first-order valence-electron chi connectivity index (χ1n) is 10.0. The molecule has 3 fully saturated rings. The number of fused-ring (bicyclic) bond motifs is 2. The van der Waals surface area contributed by atoms with E-state index in [1.807, 2.05) is 29.2 Å². The molecule has 2 unspecified atom stereocenters. The average molecular weight is 392 g/mol. The van der Waals surface area contributed by atoms with Gasteiger partial charge in [0.15, 0.2) is 0 Å². The third kappa shape index (κ3) is 4.46. The van der Waals surface area contributed by atoms with Gasteiger partial charge in [0, 0.05) is 37.2 Å². The molecule has 1 aliphatic heterocycles. The van der Waals surface area contributed by atoms with Crippen molar-refractivity contribution < 1.29 is 9.59 Å². The zero-order valence-corrected chi connectivity index (χ0v) is 16.5. The largest absolute Gasteiger partial charge is 0.338 e. The molecule has 2 saturated carbocycles. The Labute approximate surface area is 167 Å². The van der Waals surface area contributed by atoms with Crippen molar-refractivity contribution in [2.75, 3.05) is 11.9 Å². The summed E-state index contributed by atoms with van der Waals surface area (Å²) in [5.41, 5.74) is 8.28. The summed E-state index contributed by atoms with van der Waals surface area (Å²) in [6, 6.07) is 8.20. The zero-order chi connectivity index (χ0) is 18.1. The topological polar surface area (TPSA) is 75.4 Å². The SMILES string of the molecule is Cl.NC1C2CCCC1CC(C(=O)Nc1ccc(CN3CCCC3=O)cc1)C2. The highest BCUT2D eigenvalue weighted by molar-refractivity contribution is 5.92. The van der Waals surface area contributed by atoms with Crippen LogP contribution in [-0.4, -0.2) is 29.3 Å². The summed E-state index contributed by atoms with van der Waals surface area (Å²) in [4.78, 5) is 26.3. The summed E-state index contributed by atoms with van der Waals surface area (Å²) in [5, 5.41) is 3.09. The number of carbonyl (C=O) groups excluding carboxylic acids is 2. The molecule has 27 heavy (non-hydrogen) atoms. The minimum atomic E-state index is 0. The van der Waals surface area contributed by atoms with Crippen LogP contribution in [0.3, 0.4) is 0 Å². The maximum Gasteiger partial charge on any atom is 0.227 e. The third-order valence-electron chi connectivity index (χ3n) is 6.55. The van der Waals surface area contributed by atoms with E-state index in [1.54, 1.807) is 0 Å². The summed E-state index contributed by atoms with van der Waals surface area (Å²) < 4.78 is 0. The van der Waals surface area contributed by atoms with Gasteiger partial charge in [0.1, 0.15) is 0 Å². The number of carbonyl (C=O) groups is 2. The van der Waals surface area contributed by atoms with Crippen molar-refractivity contribution in [1.29, 1.82) is 0 Å². The minimum absolute atomic E-state index is 0. The van der Waals surface area contributed by atoms with Crippen molar-refractivity contribution in [3.8, 4) is 0 Å². The van der Waals surface area contributed by atoms with Gasteiger partial charge in [-0.15, -0.1) is 12.4 Å². The van der Waals surface area contributed by atoms with Crippen molar-refractivity contribution in [1.82, 2.24) is 4.90 Å². The number of hydrogen-bond donors (Lipinski definition) is 2. The van der Waals surface area contributed by atoms with Crippen LogP contribution >= 0.6 is 12.4 Å². The molecular weight excluding hydrogens is 362 g/mol. The van der Waals surface area contributed by atoms with E-state index >= 15 is 0 Å². The van der Waals surface area contributed by atoms with Gasteiger partial charge < -0.3 is 16.0 Å². The van der Waals surface area contributed by atoms with Crippen molar-refractivity contribution in [3.63, 3.8) is 0 Å². The molecule has 6 heteroatoms. The molecule has 4 rings (SSSR count). The van der Waals surface area contributed by atoms with Crippen LogP contribution in [0.4, 0.5) is 5.69 Å². The van der Waals surface area contributed by atoms with Crippen molar-refractivity contribution >= 4 is 29.9 Å². The maximum atomic E-state index is 12.7. The van der Waals surface area contributed by atoms with E-state index in [0.717, 1.165) is 37.1 Å². The second-order valence-corrected chi connectivity index (χ2v) is 8.30. The monoisotopic (exact) mass is 391 g/mol. The summed E-state index contributed by atoms with van der Waals surface area (Å²) in [5.74, 6) is 1.49. The van der Waals surface area contributed by atoms with Crippen molar-refractivity contribution in [2.45, 2.75) is 57.5 Å². The number of halogens is 1. The predicted octanol–water partition coefficient (Wildman–Crippen LogP) is 3.32. The summed E-state index contributed by atoms with van der Waals surface area (Å²) in [6.07, 6.45) is 7.09. The van der Waals surface area contributed by atoms with Gasteiger partial charge in [-0.2, -0.15) is 0 Å². The summed E-state index contributed by atoms with van der Waals surface area (Å²) in [6.45, 7) is 1.51. The zero-order valence-electron chi connectivity index (χ0n) is 15.7. The number of benzene rings is 1. The molecule has 5 nitrogen and oxygen atoms in total. The number of amides is 2. The lowest BCUT2D eigenvalue weighted by Gasteiger charge is -2.43. The Bertz CT molecular complexity index is 665. The molecule has 148 valence electrons. The highest BCUT2D eigenvalue weighted by Crippen LogP contribution is 2.42. The van der Waals surface area contributed by atoms with Crippen molar-refractivity contribution in [2.24, 2.45) is 23.5 Å². The van der Waals surface area contributed by atoms with Gasteiger partial charge in [0.25, 0.3) is 0 Å². The molecule has 0 spiro atoms. The smallest absolute Gasteiger partial charge is 0.227 e. The quantitative estimate of drug-likeness (QED) is 0.826. The van der Waals surface area contributed by atoms with Crippen molar-refractivity contribution in [3.05, 3.63) is 29.8 Å². The van der Waals surface area contributed by atoms with E-state index in [1.165, 1.54) is 19.3 Å². The Kier molecular flexibility index (Phi) is 6.43. The Morgan fingerprint density at radius 3 is 2.37 bits per heavy atom. The molecule has 1 aromatic rings. The van der Waals surface area contributed by atoms with Crippen LogP contribution in [0.2, 0.25) is 0 Å². The highest BCUT2D eigenvalue weighted by Gasteiger charge is 2.40. The van der Waals surface area contributed by atoms with Crippen LogP contribution in [0, 0.1) is 17.8 Å². The van der Waals surface area contributed by atoms with E-state index in [-0.39, 0.29) is 30.1 Å². The first-order valence-corrected chi connectivity index (χ1v) is 10.0. The number of hydrogen-bond acceptors (Lipinski definition) is 3. The molecule has 1 saturated heterocycles. The molecule has 2 aliphatic carbocycles. The van der Waals surface area contributed by atoms with Gasteiger partial charge in [-0.05, 0) is 61.6 Å². The Morgan fingerprint density at radius 1 is 1.11 bits per heavy atom. The molecule has 3 aliphatic rings. The van der Waals surface area contributed by atoms with Crippen LogP contribution < -0.4 is 11.1 Å². The molecule has 1 aromatic carbocycles. The van der Waals surface area contributed by atoms with Crippen LogP contribution in [0.15, 0.2) is 24.3 Å². The van der Waals surface area contributed by atoms with Gasteiger partial charge in [-0.25, -0.2) is 0 Å². The van der Waals surface area contributed by atoms with E-state index < -0.39 is 0 Å². The standard InChI is InChI=1S/C21H29N3O2.ClH/c22-20-15-3-1-4-16(20)12-17(11-15)21(26)23-18-8-6-14(7-9-18)13-24-10-2-5-19(24)25;/h6-9,15-17,20H,1-5,10-13,22H2,(H,23,26);1H. The van der Waals surface area contributed by atoms with Crippen LogP contribution in [0.25, 0.3) is 0 Å². The normalized spacial score (nSPS) is 30.0. The van der Waals surface area contributed by atoms with Crippen LogP contribution in [0.1, 0.15) is 50.5 Å². The molecular formula is C21H30ClN3O2. The fourth-order valence-electron chi connectivity index (χ4n) is 5.03. The number of nitrogens with two attached hydrogens (primary N) is 1. The predicted molar refractivity (Wildman–Crippen MR) is 109 cm³/mol. The van der Waals surface area contributed by atoms with E-state index in [0.29, 0.717) is 30.8 Å². The molecule has 0 aromatic heterocycles. The number of nitrogens with zero attached hydrogens (tertiary/aromatic N) is 1. The average Bonchev–Trinajstić information content (AvgIpc) is 3.01. The Hall–Kier alpha value is -1.59. The summed E-state index contributed by atoms with van der Waals surface area (Å²) in [7, 11) is 0. The lowest BCUT2D eigenvalue weighted by molar-refractivity contribution is -0.128. The van der Waals surface area contributed by atoms with Gasteiger partial charge in [-0.1, -0.05) is 18.6 Å². The third-order valence-corrected chi connectivity index (χ3v) is 6.55. The second-order valence-electron chi connectivity index (χ2n) is 8.30. The molecule has 2 bridgehead atoms. The fourth-order valence-corrected chi connectivity index (χ4v) is 5.03. The minimum Gasteiger partial charge on any atom is -0.338 e. The Morgan fingerprint density at radius 2 is 1.78 bits per heavy atom. The number of anilines is 1. The maximum absolute atomic E-state index is 12.7. The number of nitrogens with one attached hydrogen (secondary N) is 1. The highest BCUT2D eigenvalue weighted by atomic mass is 35.5. The molecule has 2 atom stereocenters. The van der Waals surface area contributed by atoms with Gasteiger partial charge >= 0.3 is 0 Å². The van der Waals surface area contributed by atoms with Gasteiger partial charge in [0.2, 0.25) is 11.8 Å². The Balaban J connectivity index is 0.00000210. The molecule has 1 heterocycles. The lowest BCUT2D eigenvalue weighted by atomic mass is 9.65. The summed E-state index contributed by atoms with van der Waals surface area (Å²) >= 11 is 0. The molecule has 0 radical (unpaired) electrons. The molecule has 3 N–H and O–H groups in total. The lowest BCUT2D eigenvalue weighted by Crippen LogP contribution is -2.48. The van der Waals surface area contributed by atoms with Gasteiger partial charge in [0.05, 0.1) is 0 Å². The van der Waals surface area contributed by atoms with E-state index in [4.69, 9.17) is 5.73 Å². The fraction of sp³-hybridized carbons (Fsp3) is 0.619.